The predicted molar refractivity (Wildman–Crippen MR) is 85.9 cm³/mol. The lowest BCUT2D eigenvalue weighted by atomic mass is 9.96. The number of aromatic nitrogens is 1. The summed E-state index contributed by atoms with van der Waals surface area (Å²) in [7, 11) is 0. The van der Waals surface area contributed by atoms with Crippen molar-refractivity contribution >= 4 is 10.9 Å². The van der Waals surface area contributed by atoms with Crippen molar-refractivity contribution in [3.05, 3.63) is 65.6 Å². The molecule has 0 unspecified atom stereocenters. The van der Waals surface area contributed by atoms with Gasteiger partial charge in [-0.2, -0.15) is 0 Å². The minimum absolute atomic E-state index is 0.296. The summed E-state index contributed by atoms with van der Waals surface area (Å²) in [5.74, 6) is -0.296. The molecule has 0 N–H and O–H groups in total. The van der Waals surface area contributed by atoms with E-state index in [1.807, 2.05) is 18.2 Å². The average Bonchev–Trinajstić information content (AvgIpc) is 2.53. The van der Waals surface area contributed by atoms with Crippen LogP contribution in [0.4, 0.5) is 4.39 Å². The van der Waals surface area contributed by atoms with Gasteiger partial charge in [-0.1, -0.05) is 38.1 Å². The summed E-state index contributed by atoms with van der Waals surface area (Å²) in [4.78, 5) is 4.10. The van der Waals surface area contributed by atoms with E-state index in [0.29, 0.717) is 0 Å². The summed E-state index contributed by atoms with van der Waals surface area (Å²) in [6, 6.07) is 14.1. The number of rotatable bonds is 3. The highest BCUT2D eigenvalue weighted by Crippen LogP contribution is 2.26. The Hall–Kier alpha value is -2.22. The molecule has 3 aromatic rings. The van der Waals surface area contributed by atoms with Crippen LogP contribution in [0.5, 0.6) is 0 Å². The van der Waals surface area contributed by atoms with Crippen molar-refractivity contribution in [3.63, 3.8) is 0 Å². The SMILES string of the molecule is CCc1ccc(-c2ccc3ncc(F)cc3c2)cc1CC. The Morgan fingerprint density at radius 3 is 2.33 bits per heavy atom. The van der Waals surface area contributed by atoms with Gasteiger partial charge in [0, 0.05) is 5.39 Å². The summed E-state index contributed by atoms with van der Waals surface area (Å²) < 4.78 is 13.3. The molecule has 1 nitrogen and oxygen atoms in total. The summed E-state index contributed by atoms with van der Waals surface area (Å²) in [5.41, 5.74) is 5.88. The summed E-state index contributed by atoms with van der Waals surface area (Å²) in [5, 5.41) is 0.838. The van der Waals surface area contributed by atoms with Crippen molar-refractivity contribution in [2.45, 2.75) is 26.7 Å². The zero-order chi connectivity index (χ0) is 14.8. The van der Waals surface area contributed by atoms with Crippen LogP contribution in [0.2, 0.25) is 0 Å². The van der Waals surface area contributed by atoms with E-state index in [1.165, 1.54) is 29.0 Å². The molecule has 0 aliphatic rings. The Labute approximate surface area is 124 Å². The molecule has 3 rings (SSSR count). The second-order valence-corrected chi connectivity index (χ2v) is 5.25. The lowest BCUT2D eigenvalue weighted by molar-refractivity contribution is 0.624. The smallest absolute Gasteiger partial charge is 0.142 e. The molecular weight excluding hydrogens is 261 g/mol. The fourth-order valence-corrected chi connectivity index (χ4v) is 2.76. The van der Waals surface area contributed by atoms with Gasteiger partial charge in [-0.05, 0) is 53.3 Å². The van der Waals surface area contributed by atoms with Crippen molar-refractivity contribution in [2.24, 2.45) is 0 Å². The van der Waals surface area contributed by atoms with E-state index in [9.17, 15) is 4.39 Å². The number of benzene rings is 2. The molecule has 0 atom stereocenters. The standard InChI is InChI=1S/C19H18FN/c1-3-13-5-6-15(9-14(13)4-2)16-7-8-19-17(10-16)11-18(20)12-21-19/h5-12H,3-4H2,1-2H3. The van der Waals surface area contributed by atoms with Crippen LogP contribution >= 0.6 is 0 Å². The van der Waals surface area contributed by atoms with E-state index in [1.54, 1.807) is 0 Å². The monoisotopic (exact) mass is 279 g/mol. The first-order valence-corrected chi connectivity index (χ1v) is 7.38. The summed E-state index contributed by atoms with van der Waals surface area (Å²) >= 11 is 0. The fourth-order valence-electron chi connectivity index (χ4n) is 2.76. The molecule has 0 saturated heterocycles. The molecule has 2 heteroatoms. The lowest BCUT2D eigenvalue weighted by Gasteiger charge is -2.10. The van der Waals surface area contributed by atoms with Crippen LogP contribution in [0.1, 0.15) is 25.0 Å². The molecule has 2 aromatic carbocycles. The van der Waals surface area contributed by atoms with Gasteiger partial charge in [0.2, 0.25) is 0 Å². The van der Waals surface area contributed by atoms with E-state index < -0.39 is 0 Å². The van der Waals surface area contributed by atoms with Crippen molar-refractivity contribution in [1.82, 2.24) is 4.98 Å². The molecule has 21 heavy (non-hydrogen) atoms. The van der Waals surface area contributed by atoms with E-state index >= 15 is 0 Å². The maximum Gasteiger partial charge on any atom is 0.142 e. The van der Waals surface area contributed by atoms with Crippen molar-refractivity contribution in [3.8, 4) is 11.1 Å². The first kappa shape index (κ1) is 13.7. The topological polar surface area (TPSA) is 12.9 Å². The van der Waals surface area contributed by atoms with Crippen molar-refractivity contribution < 1.29 is 4.39 Å². The van der Waals surface area contributed by atoms with Gasteiger partial charge in [0.1, 0.15) is 5.82 Å². The largest absolute Gasteiger partial charge is 0.253 e. The third-order valence-corrected chi connectivity index (χ3v) is 3.95. The molecular formula is C19H18FN. The van der Waals surface area contributed by atoms with Gasteiger partial charge in [-0.15, -0.1) is 0 Å². The van der Waals surface area contributed by atoms with E-state index in [2.05, 4.69) is 37.0 Å². The Morgan fingerprint density at radius 2 is 1.57 bits per heavy atom. The molecule has 0 aliphatic heterocycles. The van der Waals surface area contributed by atoms with Crippen molar-refractivity contribution in [1.29, 1.82) is 0 Å². The number of aryl methyl sites for hydroxylation is 2. The minimum Gasteiger partial charge on any atom is -0.253 e. The van der Waals surface area contributed by atoms with Crippen LogP contribution in [0.3, 0.4) is 0 Å². The number of fused-ring (bicyclic) bond motifs is 1. The van der Waals surface area contributed by atoms with Crippen LogP contribution in [-0.4, -0.2) is 4.98 Å². The van der Waals surface area contributed by atoms with E-state index in [0.717, 1.165) is 29.3 Å². The first-order valence-electron chi connectivity index (χ1n) is 7.38. The van der Waals surface area contributed by atoms with Gasteiger partial charge in [0.25, 0.3) is 0 Å². The number of pyridine rings is 1. The van der Waals surface area contributed by atoms with Crippen molar-refractivity contribution in [2.75, 3.05) is 0 Å². The number of hydrogen-bond acceptors (Lipinski definition) is 1. The number of nitrogens with zero attached hydrogens (tertiary/aromatic N) is 1. The van der Waals surface area contributed by atoms with Crippen LogP contribution in [0.25, 0.3) is 22.0 Å². The zero-order valence-electron chi connectivity index (χ0n) is 12.4. The van der Waals surface area contributed by atoms with Gasteiger partial charge in [-0.3, -0.25) is 4.98 Å². The highest BCUT2D eigenvalue weighted by atomic mass is 19.1. The predicted octanol–water partition coefficient (Wildman–Crippen LogP) is 5.17. The number of hydrogen-bond donors (Lipinski definition) is 0. The van der Waals surface area contributed by atoms with Gasteiger partial charge < -0.3 is 0 Å². The van der Waals surface area contributed by atoms with Crippen LogP contribution in [0.15, 0.2) is 48.7 Å². The number of halogens is 1. The second kappa shape index (κ2) is 5.65. The molecule has 0 fully saturated rings. The van der Waals surface area contributed by atoms with Crippen LogP contribution in [-0.2, 0) is 12.8 Å². The highest BCUT2D eigenvalue weighted by molar-refractivity contribution is 5.84. The molecule has 0 amide bonds. The third-order valence-electron chi connectivity index (χ3n) is 3.95. The summed E-state index contributed by atoms with van der Waals surface area (Å²) in [6.07, 6.45) is 3.34. The molecule has 106 valence electrons. The maximum atomic E-state index is 13.3. The molecule has 0 bridgehead atoms. The Balaban J connectivity index is 2.11. The fraction of sp³-hybridized carbons (Fsp3) is 0.211. The molecule has 0 saturated carbocycles. The molecule has 1 aromatic heterocycles. The molecule has 1 heterocycles. The zero-order valence-corrected chi connectivity index (χ0v) is 12.4. The molecule has 0 spiro atoms. The van der Waals surface area contributed by atoms with E-state index in [-0.39, 0.29) is 5.82 Å². The second-order valence-electron chi connectivity index (χ2n) is 5.25. The Bertz CT molecular complexity index is 793. The third kappa shape index (κ3) is 2.66. The maximum absolute atomic E-state index is 13.3. The average molecular weight is 279 g/mol. The lowest BCUT2D eigenvalue weighted by Crippen LogP contribution is -1.92. The van der Waals surface area contributed by atoms with Gasteiger partial charge in [0.15, 0.2) is 0 Å². The quantitative estimate of drug-likeness (QED) is 0.645. The van der Waals surface area contributed by atoms with Gasteiger partial charge >= 0.3 is 0 Å². The molecule has 0 aliphatic carbocycles. The van der Waals surface area contributed by atoms with Gasteiger partial charge in [-0.25, -0.2) is 4.39 Å². The highest BCUT2D eigenvalue weighted by Gasteiger charge is 2.05. The van der Waals surface area contributed by atoms with Gasteiger partial charge in [0.05, 0.1) is 11.7 Å². The Morgan fingerprint density at radius 1 is 0.857 bits per heavy atom. The minimum atomic E-state index is -0.296. The van der Waals surface area contributed by atoms with Crippen LogP contribution in [0, 0.1) is 5.82 Å². The molecule has 0 radical (unpaired) electrons. The normalized spacial score (nSPS) is 11.0. The van der Waals surface area contributed by atoms with E-state index in [4.69, 9.17) is 0 Å². The Kier molecular flexibility index (Phi) is 3.70. The first-order chi connectivity index (χ1) is 10.2. The summed E-state index contributed by atoms with van der Waals surface area (Å²) in [6.45, 7) is 4.36. The van der Waals surface area contributed by atoms with Crippen LogP contribution < -0.4 is 0 Å².